The number of benzene rings is 2. The molecule has 170 valence electrons. The summed E-state index contributed by atoms with van der Waals surface area (Å²) in [4.78, 5) is 35.9. The molecule has 2 aliphatic rings. The molecule has 1 saturated heterocycles. The number of nitrogens with one attached hydrogen (secondary N) is 1. The second-order valence-corrected chi connectivity index (χ2v) is 9.33. The summed E-state index contributed by atoms with van der Waals surface area (Å²) in [5.74, 6) is 0.418. The first kappa shape index (κ1) is 21.5. The number of rotatable bonds is 5. The van der Waals surface area contributed by atoms with Gasteiger partial charge in [0.15, 0.2) is 5.13 Å². The lowest BCUT2D eigenvalue weighted by Crippen LogP contribution is -2.50. The highest BCUT2D eigenvalue weighted by molar-refractivity contribution is 7.16. The molecule has 2 aromatic carbocycles. The molecule has 33 heavy (non-hydrogen) atoms. The van der Waals surface area contributed by atoms with Gasteiger partial charge in [-0.3, -0.25) is 14.9 Å². The fraction of sp³-hybridized carbons (Fsp3) is 0.320. The van der Waals surface area contributed by atoms with Crippen molar-refractivity contribution >= 4 is 34.0 Å². The van der Waals surface area contributed by atoms with Gasteiger partial charge in [-0.1, -0.05) is 18.2 Å². The number of nitrogens with zero attached hydrogens (tertiary/aromatic N) is 3. The van der Waals surface area contributed by atoms with Crippen LogP contribution in [0.5, 0.6) is 5.75 Å². The molecule has 2 heterocycles. The van der Waals surface area contributed by atoms with Crippen LogP contribution in [0.3, 0.4) is 0 Å². The monoisotopic (exact) mass is 462 g/mol. The van der Waals surface area contributed by atoms with Crippen LogP contribution in [0.1, 0.15) is 33.3 Å². The second-order valence-electron chi connectivity index (χ2n) is 8.25. The average molecular weight is 463 g/mol. The Morgan fingerprint density at radius 3 is 2.45 bits per heavy atom. The minimum atomic E-state index is -0.218. The van der Waals surface area contributed by atoms with Crippen LogP contribution in [-0.4, -0.2) is 55.0 Å². The predicted molar refractivity (Wildman–Crippen MR) is 129 cm³/mol. The van der Waals surface area contributed by atoms with Crippen molar-refractivity contribution in [2.75, 3.05) is 43.5 Å². The number of hydrogen-bond acceptors (Lipinski definition) is 6. The van der Waals surface area contributed by atoms with Crippen molar-refractivity contribution in [1.82, 2.24) is 9.88 Å². The Kier molecular flexibility index (Phi) is 6.00. The molecule has 5 rings (SSSR count). The van der Waals surface area contributed by atoms with Crippen molar-refractivity contribution in [3.05, 3.63) is 70.7 Å². The normalized spacial score (nSPS) is 17.5. The molecule has 1 unspecified atom stereocenters. The SMILES string of the molecule is COc1ccc(C(=O)Nc2nc3c(s2)CCC3C(=O)N2CCN(c3ccccc3)CC2)cc1. The largest absolute Gasteiger partial charge is 0.497 e. The zero-order valence-electron chi connectivity index (χ0n) is 18.5. The third-order valence-corrected chi connectivity index (χ3v) is 7.35. The Labute approximate surface area is 197 Å². The molecule has 2 amide bonds. The van der Waals surface area contributed by atoms with Crippen molar-refractivity contribution in [3.8, 4) is 5.75 Å². The fourth-order valence-electron chi connectivity index (χ4n) is 4.48. The lowest BCUT2D eigenvalue weighted by molar-refractivity contribution is -0.133. The van der Waals surface area contributed by atoms with Gasteiger partial charge in [-0.25, -0.2) is 4.98 Å². The zero-order chi connectivity index (χ0) is 22.8. The molecule has 0 saturated carbocycles. The van der Waals surface area contributed by atoms with E-state index < -0.39 is 0 Å². The molecule has 1 atom stereocenters. The van der Waals surface area contributed by atoms with E-state index in [4.69, 9.17) is 4.74 Å². The van der Waals surface area contributed by atoms with Crippen molar-refractivity contribution in [2.45, 2.75) is 18.8 Å². The van der Waals surface area contributed by atoms with Crippen LogP contribution >= 0.6 is 11.3 Å². The van der Waals surface area contributed by atoms with Crippen LogP contribution in [0, 0.1) is 0 Å². The lowest BCUT2D eigenvalue weighted by atomic mass is 10.1. The molecule has 0 bridgehead atoms. The molecular formula is C25H26N4O3S. The molecule has 1 aliphatic heterocycles. The minimum absolute atomic E-state index is 0.153. The number of carbonyl (C=O) groups is 2. The van der Waals surface area contributed by atoms with Crippen LogP contribution in [-0.2, 0) is 11.2 Å². The molecule has 8 heteroatoms. The summed E-state index contributed by atoms with van der Waals surface area (Å²) in [6, 6.07) is 17.3. The Morgan fingerprint density at radius 1 is 1.03 bits per heavy atom. The maximum atomic E-state index is 13.3. The van der Waals surface area contributed by atoms with Crippen molar-refractivity contribution in [2.24, 2.45) is 0 Å². The summed E-state index contributed by atoms with van der Waals surface area (Å²) in [5, 5.41) is 3.43. The van der Waals surface area contributed by atoms with Crippen LogP contribution in [0.15, 0.2) is 54.6 Å². The number of hydrogen-bond donors (Lipinski definition) is 1. The van der Waals surface area contributed by atoms with Gasteiger partial charge in [-0.2, -0.15) is 0 Å². The van der Waals surface area contributed by atoms with Crippen LogP contribution < -0.4 is 15.0 Å². The quantitative estimate of drug-likeness (QED) is 0.625. The maximum absolute atomic E-state index is 13.3. The van der Waals surface area contributed by atoms with Gasteiger partial charge in [-0.15, -0.1) is 11.3 Å². The van der Waals surface area contributed by atoms with E-state index in [1.807, 2.05) is 23.1 Å². The van der Waals surface area contributed by atoms with E-state index >= 15 is 0 Å². The number of fused-ring (bicyclic) bond motifs is 1. The van der Waals surface area contributed by atoms with E-state index in [0.29, 0.717) is 29.5 Å². The molecule has 0 spiro atoms. The third kappa shape index (κ3) is 4.43. The number of carbonyl (C=O) groups excluding carboxylic acids is 2. The van der Waals surface area contributed by atoms with Crippen molar-refractivity contribution in [3.63, 3.8) is 0 Å². The van der Waals surface area contributed by atoms with Gasteiger partial charge in [0.1, 0.15) is 5.75 Å². The van der Waals surface area contributed by atoms with Crippen molar-refractivity contribution < 1.29 is 14.3 Å². The summed E-state index contributed by atoms with van der Waals surface area (Å²) >= 11 is 1.47. The van der Waals surface area contributed by atoms with Crippen molar-refractivity contribution in [1.29, 1.82) is 0 Å². The molecule has 0 radical (unpaired) electrons. The highest BCUT2D eigenvalue weighted by atomic mass is 32.1. The second kappa shape index (κ2) is 9.23. The standard InChI is InChI=1S/C25H26N4O3S/c1-32-19-9-7-17(8-10-19)23(30)27-25-26-22-20(11-12-21(22)33-25)24(31)29-15-13-28(14-16-29)18-5-3-2-4-6-18/h2-10,20H,11-16H2,1H3,(H,26,27,30). The summed E-state index contributed by atoms with van der Waals surface area (Å²) in [7, 11) is 1.59. The molecule has 1 N–H and O–H groups in total. The van der Waals surface area contributed by atoms with Gasteiger partial charge >= 0.3 is 0 Å². The van der Waals surface area contributed by atoms with Gasteiger partial charge in [0.05, 0.1) is 18.7 Å². The summed E-state index contributed by atoms with van der Waals surface area (Å²) in [6.45, 7) is 3.08. The number of thiazole rings is 1. The summed E-state index contributed by atoms with van der Waals surface area (Å²) in [5.41, 5.74) is 2.57. The number of aryl methyl sites for hydroxylation is 1. The van der Waals surface area contributed by atoms with E-state index in [0.717, 1.165) is 36.5 Å². The first-order valence-corrected chi connectivity index (χ1v) is 12.0. The summed E-state index contributed by atoms with van der Waals surface area (Å²) < 4.78 is 5.14. The van der Waals surface area contributed by atoms with Gasteiger partial charge in [0.2, 0.25) is 5.91 Å². The Hall–Kier alpha value is -3.39. The van der Waals surface area contributed by atoms with E-state index in [-0.39, 0.29) is 17.7 Å². The van der Waals surface area contributed by atoms with Gasteiger partial charge in [0.25, 0.3) is 5.91 Å². The smallest absolute Gasteiger partial charge is 0.257 e. The molecule has 1 aromatic heterocycles. The van der Waals surface area contributed by atoms with Crippen LogP contribution in [0.2, 0.25) is 0 Å². The molecule has 7 nitrogen and oxygen atoms in total. The Bertz CT molecular complexity index is 1140. The molecule has 1 aliphatic carbocycles. The molecule has 1 fully saturated rings. The number of methoxy groups -OCH3 is 1. The van der Waals surface area contributed by atoms with E-state index in [9.17, 15) is 9.59 Å². The minimum Gasteiger partial charge on any atom is -0.497 e. The zero-order valence-corrected chi connectivity index (χ0v) is 19.3. The molecular weight excluding hydrogens is 436 g/mol. The average Bonchev–Trinajstić information content (AvgIpc) is 3.44. The predicted octanol–water partition coefficient (Wildman–Crippen LogP) is 3.78. The highest BCUT2D eigenvalue weighted by Crippen LogP contribution is 2.39. The van der Waals surface area contributed by atoms with Gasteiger partial charge in [0, 0.05) is 42.3 Å². The highest BCUT2D eigenvalue weighted by Gasteiger charge is 2.36. The van der Waals surface area contributed by atoms with E-state index in [1.165, 1.54) is 17.0 Å². The number of ether oxygens (including phenoxy) is 1. The Morgan fingerprint density at radius 2 is 1.76 bits per heavy atom. The first-order chi connectivity index (χ1) is 16.1. The third-order valence-electron chi connectivity index (χ3n) is 6.30. The molecule has 3 aromatic rings. The number of para-hydroxylation sites is 1. The number of aromatic nitrogens is 1. The van der Waals surface area contributed by atoms with Crippen LogP contribution in [0.4, 0.5) is 10.8 Å². The number of anilines is 2. The maximum Gasteiger partial charge on any atom is 0.257 e. The first-order valence-electron chi connectivity index (χ1n) is 11.2. The van der Waals surface area contributed by atoms with E-state index in [2.05, 4.69) is 27.3 Å². The van der Waals surface area contributed by atoms with Gasteiger partial charge in [-0.05, 0) is 49.2 Å². The Balaban J connectivity index is 1.22. The number of piperazine rings is 1. The van der Waals surface area contributed by atoms with Crippen LogP contribution in [0.25, 0.3) is 0 Å². The van der Waals surface area contributed by atoms with Gasteiger partial charge < -0.3 is 14.5 Å². The topological polar surface area (TPSA) is 74.8 Å². The number of amides is 2. The fourth-order valence-corrected chi connectivity index (χ4v) is 5.51. The van der Waals surface area contributed by atoms with E-state index in [1.54, 1.807) is 31.4 Å². The summed E-state index contributed by atoms with van der Waals surface area (Å²) in [6.07, 6.45) is 1.62. The lowest BCUT2D eigenvalue weighted by Gasteiger charge is -2.37.